The van der Waals surface area contributed by atoms with Crippen molar-refractivity contribution in [2.24, 2.45) is 0 Å². The molecule has 0 bridgehead atoms. The van der Waals surface area contributed by atoms with Crippen LogP contribution >= 0.6 is 0 Å². The molecule has 0 fully saturated rings. The van der Waals surface area contributed by atoms with Gasteiger partial charge in [-0.3, -0.25) is 4.79 Å². The molecule has 1 atom stereocenters. The van der Waals surface area contributed by atoms with E-state index < -0.39 is 5.60 Å². The molecule has 170 valence electrons. The average molecular weight is 441 g/mol. The van der Waals surface area contributed by atoms with Gasteiger partial charge in [0.2, 0.25) is 0 Å². The first-order valence-corrected chi connectivity index (χ1v) is 11.7. The number of ether oxygens (including phenoxy) is 2. The molecule has 4 rings (SSSR count). The third-order valence-corrected chi connectivity index (χ3v) is 5.87. The maximum Gasteiger partial charge on any atom is 0.171 e. The number of hydrogen-bond acceptors (Lipinski definition) is 3. The topological polar surface area (TPSA) is 35.5 Å². The summed E-state index contributed by atoms with van der Waals surface area (Å²) in [5, 5.41) is 0. The monoisotopic (exact) mass is 440 g/mol. The lowest BCUT2D eigenvalue weighted by atomic mass is 9.90. The highest BCUT2D eigenvalue weighted by molar-refractivity contribution is 6.04. The van der Waals surface area contributed by atoms with Crippen molar-refractivity contribution in [1.29, 1.82) is 0 Å². The van der Waals surface area contributed by atoms with Gasteiger partial charge in [-0.1, -0.05) is 72.8 Å². The van der Waals surface area contributed by atoms with Gasteiger partial charge in [0.05, 0.1) is 18.1 Å². The molecule has 1 aliphatic heterocycles. The number of carbonyl (C=O) groups excluding carboxylic acids is 1. The molecule has 1 unspecified atom stereocenters. The molecule has 0 saturated heterocycles. The van der Waals surface area contributed by atoms with Crippen LogP contribution in [0.3, 0.4) is 0 Å². The van der Waals surface area contributed by atoms with Gasteiger partial charge in [0.25, 0.3) is 0 Å². The van der Waals surface area contributed by atoms with Crippen LogP contribution in [0.25, 0.3) is 12.2 Å². The van der Waals surface area contributed by atoms with E-state index in [9.17, 15) is 4.79 Å². The van der Waals surface area contributed by atoms with Gasteiger partial charge in [-0.05, 0) is 62.8 Å². The Morgan fingerprint density at radius 1 is 1.00 bits per heavy atom. The minimum atomic E-state index is -0.523. The fourth-order valence-corrected chi connectivity index (χ4v) is 4.28. The number of Topliss-reactive ketones (excluding diaryl/α,β-unsaturated/α-hetero) is 1. The second-order valence-electron chi connectivity index (χ2n) is 9.40. The highest BCUT2D eigenvalue weighted by Gasteiger charge is 2.34. The zero-order valence-electron chi connectivity index (χ0n) is 19.7. The Hall–Kier alpha value is -3.33. The molecule has 0 amide bonds. The minimum absolute atomic E-state index is 0.0602. The third-order valence-electron chi connectivity index (χ3n) is 5.87. The van der Waals surface area contributed by atoms with E-state index in [1.807, 2.05) is 74.5 Å². The van der Waals surface area contributed by atoms with Crippen LogP contribution in [0.2, 0.25) is 0 Å². The highest BCUT2D eigenvalue weighted by Crippen LogP contribution is 2.39. The molecule has 1 aliphatic rings. The first-order valence-electron chi connectivity index (χ1n) is 11.7. The van der Waals surface area contributed by atoms with Gasteiger partial charge in [0.15, 0.2) is 5.78 Å². The second-order valence-corrected chi connectivity index (χ2v) is 9.40. The summed E-state index contributed by atoms with van der Waals surface area (Å²) in [5.41, 5.74) is 3.39. The molecule has 3 nitrogen and oxygen atoms in total. The van der Waals surface area contributed by atoms with E-state index in [0.29, 0.717) is 17.7 Å². The van der Waals surface area contributed by atoms with Crippen LogP contribution in [0.5, 0.6) is 11.5 Å². The fourth-order valence-electron chi connectivity index (χ4n) is 4.28. The van der Waals surface area contributed by atoms with Crippen LogP contribution in [0.1, 0.15) is 67.1 Å². The molecule has 3 aromatic rings. The average Bonchev–Trinajstić information content (AvgIpc) is 2.77. The molecule has 0 spiro atoms. The number of aryl methyl sites for hydroxylation is 1. The fraction of sp³-hybridized carbons (Fsp3) is 0.300. The predicted octanol–water partition coefficient (Wildman–Crippen LogP) is 7.39. The summed E-state index contributed by atoms with van der Waals surface area (Å²) in [4.78, 5) is 13.0. The van der Waals surface area contributed by atoms with Crippen LogP contribution < -0.4 is 9.47 Å². The Morgan fingerprint density at radius 3 is 2.42 bits per heavy atom. The molecular weight excluding hydrogens is 408 g/mol. The van der Waals surface area contributed by atoms with Gasteiger partial charge in [-0.2, -0.15) is 0 Å². The van der Waals surface area contributed by atoms with Crippen LogP contribution in [-0.2, 0) is 6.42 Å². The van der Waals surface area contributed by atoms with E-state index in [-0.39, 0.29) is 11.9 Å². The number of carbonyl (C=O) groups is 1. The summed E-state index contributed by atoms with van der Waals surface area (Å²) in [6, 6.07) is 24.4. The Morgan fingerprint density at radius 2 is 1.70 bits per heavy atom. The molecule has 3 heteroatoms. The van der Waals surface area contributed by atoms with Crippen molar-refractivity contribution in [3.63, 3.8) is 0 Å². The molecule has 0 saturated carbocycles. The first-order chi connectivity index (χ1) is 15.9. The number of ketones is 1. The Kier molecular flexibility index (Phi) is 6.98. The van der Waals surface area contributed by atoms with Crippen LogP contribution in [0.15, 0.2) is 72.8 Å². The zero-order valence-corrected chi connectivity index (χ0v) is 19.7. The highest BCUT2D eigenvalue weighted by atomic mass is 16.5. The molecule has 0 N–H and O–H groups in total. The van der Waals surface area contributed by atoms with Gasteiger partial charge in [0, 0.05) is 6.07 Å². The summed E-state index contributed by atoms with van der Waals surface area (Å²) >= 11 is 0. The minimum Gasteiger partial charge on any atom is -0.491 e. The van der Waals surface area contributed by atoms with Crippen LogP contribution in [-0.4, -0.2) is 17.5 Å². The van der Waals surface area contributed by atoms with E-state index >= 15 is 0 Å². The molecule has 1 heterocycles. The van der Waals surface area contributed by atoms with Crippen LogP contribution in [0, 0.1) is 0 Å². The van der Waals surface area contributed by atoms with Gasteiger partial charge in [-0.25, -0.2) is 0 Å². The zero-order chi connectivity index (χ0) is 23.3. The summed E-state index contributed by atoms with van der Waals surface area (Å²) in [6.07, 6.45) is 7.48. The quantitative estimate of drug-likeness (QED) is 0.343. The molecular formula is C30H32O3. The second kappa shape index (κ2) is 10.1. The van der Waals surface area contributed by atoms with Crippen molar-refractivity contribution in [3.05, 3.63) is 95.1 Å². The van der Waals surface area contributed by atoms with Crippen molar-refractivity contribution in [1.82, 2.24) is 0 Å². The lowest BCUT2D eigenvalue weighted by Crippen LogP contribution is -2.36. The summed E-state index contributed by atoms with van der Waals surface area (Å²) in [7, 11) is 0. The molecule has 3 aromatic carbocycles. The Labute approximate surface area is 197 Å². The van der Waals surface area contributed by atoms with E-state index in [1.165, 1.54) is 5.56 Å². The van der Waals surface area contributed by atoms with E-state index in [0.717, 1.165) is 36.1 Å². The number of hydrogen-bond donors (Lipinski definition) is 0. The lowest BCUT2D eigenvalue weighted by molar-refractivity contribution is 0.0617. The van der Waals surface area contributed by atoms with E-state index in [4.69, 9.17) is 9.47 Å². The van der Waals surface area contributed by atoms with Gasteiger partial charge in [0.1, 0.15) is 17.1 Å². The van der Waals surface area contributed by atoms with Crippen LogP contribution in [0.4, 0.5) is 0 Å². The Bertz CT molecular complexity index is 1110. The standard InChI is InChI=1S/C30H32O3/c1-22(11-10-16-23-12-6-4-7-13-23)32-26-19-25(18-17-24-14-8-5-9-15-24)29-27(31)21-30(2,3)33-28(29)20-26/h4-9,12-15,17-20,22H,10-11,16,21H2,1-3H3. The number of benzene rings is 3. The molecule has 0 radical (unpaired) electrons. The van der Waals surface area contributed by atoms with E-state index in [2.05, 4.69) is 31.2 Å². The summed E-state index contributed by atoms with van der Waals surface area (Å²) < 4.78 is 12.5. The first kappa shape index (κ1) is 22.8. The third kappa shape index (κ3) is 6.13. The van der Waals surface area contributed by atoms with Gasteiger partial charge >= 0.3 is 0 Å². The number of fused-ring (bicyclic) bond motifs is 1. The van der Waals surface area contributed by atoms with Gasteiger partial charge < -0.3 is 9.47 Å². The van der Waals surface area contributed by atoms with Crippen molar-refractivity contribution in [2.45, 2.75) is 58.2 Å². The van der Waals surface area contributed by atoms with Crippen molar-refractivity contribution >= 4 is 17.9 Å². The Balaban J connectivity index is 1.53. The maximum atomic E-state index is 13.0. The summed E-state index contributed by atoms with van der Waals surface area (Å²) in [5.74, 6) is 1.45. The molecule has 0 aliphatic carbocycles. The van der Waals surface area contributed by atoms with Crippen molar-refractivity contribution in [3.8, 4) is 11.5 Å². The predicted molar refractivity (Wildman–Crippen MR) is 135 cm³/mol. The largest absolute Gasteiger partial charge is 0.491 e. The normalized spacial score (nSPS) is 15.7. The molecule has 0 aromatic heterocycles. The smallest absolute Gasteiger partial charge is 0.171 e. The molecule has 33 heavy (non-hydrogen) atoms. The van der Waals surface area contributed by atoms with E-state index in [1.54, 1.807) is 0 Å². The summed E-state index contributed by atoms with van der Waals surface area (Å²) in [6.45, 7) is 6.00. The number of rotatable bonds is 8. The van der Waals surface area contributed by atoms with Crippen molar-refractivity contribution in [2.75, 3.05) is 0 Å². The van der Waals surface area contributed by atoms with Crippen molar-refractivity contribution < 1.29 is 14.3 Å². The van der Waals surface area contributed by atoms with Gasteiger partial charge in [-0.15, -0.1) is 0 Å². The lowest BCUT2D eigenvalue weighted by Gasteiger charge is -2.32. The SMILES string of the molecule is CC(CCCc1ccccc1)Oc1cc(C=Cc2ccccc2)c2c(c1)OC(C)(C)CC2=O. The maximum absolute atomic E-state index is 13.0.